The Labute approximate surface area is 164 Å². The summed E-state index contributed by atoms with van der Waals surface area (Å²) in [7, 11) is -4.24. The summed E-state index contributed by atoms with van der Waals surface area (Å²) in [5, 5.41) is 0.306. The molecule has 134 valence electrons. The molecule has 0 atom stereocenters. The van der Waals surface area contributed by atoms with Crippen LogP contribution in [0.15, 0.2) is 41.3 Å². The fourth-order valence-corrected chi connectivity index (χ4v) is 4.50. The summed E-state index contributed by atoms with van der Waals surface area (Å²) in [6.07, 6.45) is 0. The molecule has 2 rings (SSSR count). The Morgan fingerprint density at radius 3 is 2.12 bits per heavy atom. The van der Waals surface area contributed by atoms with Gasteiger partial charge in [0, 0.05) is 0 Å². The van der Waals surface area contributed by atoms with Gasteiger partial charge >= 0.3 is 0 Å². The molecule has 0 aliphatic rings. The number of hydrogen-bond acceptors (Lipinski definition) is 4. The van der Waals surface area contributed by atoms with E-state index in [1.807, 2.05) is 5.43 Å². The molecular weight excluding hydrogens is 432 g/mol. The van der Waals surface area contributed by atoms with E-state index in [1.54, 1.807) is 6.07 Å². The number of hydrazine groups is 1. The van der Waals surface area contributed by atoms with Gasteiger partial charge in [-0.1, -0.05) is 52.5 Å². The van der Waals surface area contributed by atoms with Crippen LogP contribution in [0, 0.1) is 0 Å². The summed E-state index contributed by atoms with van der Waals surface area (Å²) >= 11 is 23.9. The molecule has 0 aromatic heterocycles. The van der Waals surface area contributed by atoms with Crippen LogP contribution in [0.25, 0.3) is 0 Å². The number of sulfonamides is 1. The van der Waals surface area contributed by atoms with Crippen LogP contribution in [0.5, 0.6) is 0 Å². The Hall–Kier alpha value is -1.22. The minimum atomic E-state index is -4.24. The van der Waals surface area contributed by atoms with E-state index in [-0.39, 0.29) is 30.7 Å². The quantitative estimate of drug-likeness (QED) is 0.421. The molecule has 0 radical (unpaired) electrons. The highest BCUT2D eigenvalue weighted by atomic mass is 35.5. The average molecular weight is 443 g/mol. The van der Waals surface area contributed by atoms with Crippen LogP contribution in [0.3, 0.4) is 0 Å². The second-order valence-electron chi connectivity index (χ2n) is 4.73. The molecule has 0 spiro atoms. The smallest absolute Gasteiger partial charge is 0.264 e. The maximum Gasteiger partial charge on any atom is 0.264 e. The Balaban J connectivity index is 2.66. The van der Waals surface area contributed by atoms with Gasteiger partial charge in [-0.15, -0.1) is 0 Å². The maximum atomic E-state index is 13.0. The first kappa shape index (κ1) is 20.1. The molecule has 0 bridgehead atoms. The van der Waals surface area contributed by atoms with Crippen LogP contribution >= 0.6 is 46.4 Å². The number of carbonyl (C=O) groups is 1. The SMILES string of the molecule is NNC(=O)CN(c1c(Cl)cccc1Cl)S(=O)(=O)c1ccc(Cl)c(Cl)c1. The van der Waals surface area contributed by atoms with E-state index in [2.05, 4.69) is 0 Å². The number of halogens is 4. The minimum absolute atomic E-state index is 0.0382. The van der Waals surface area contributed by atoms with Gasteiger partial charge in [0.1, 0.15) is 6.54 Å². The lowest BCUT2D eigenvalue weighted by atomic mass is 10.3. The van der Waals surface area contributed by atoms with Crippen molar-refractivity contribution in [2.45, 2.75) is 4.90 Å². The fourth-order valence-electron chi connectivity index (χ4n) is 1.95. The van der Waals surface area contributed by atoms with Gasteiger partial charge in [-0.05, 0) is 30.3 Å². The van der Waals surface area contributed by atoms with Gasteiger partial charge < -0.3 is 0 Å². The summed E-state index contributed by atoms with van der Waals surface area (Å²) in [4.78, 5) is 11.5. The van der Waals surface area contributed by atoms with Crippen molar-refractivity contribution in [2.24, 2.45) is 5.84 Å². The molecule has 0 saturated carbocycles. The molecule has 0 aliphatic carbocycles. The number of carbonyl (C=O) groups excluding carboxylic acids is 1. The molecule has 6 nitrogen and oxygen atoms in total. The van der Waals surface area contributed by atoms with Crippen LogP contribution in [0.1, 0.15) is 0 Å². The number of para-hydroxylation sites is 1. The fraction of sp³-hybridized carbons (Fsp3) is 0.0714. The lowest BCUT2D eigenvalue weighted by Crippen LogP contribution is -2.43. The van der Waals surface area contributed by atoms with Crippen LogP contribution in [0.2, 0.25) is 20.1 Å². The highest BCUT2D eigenvalue weighted by molar-refractivity contribution is 7.92. The third kappa shape index (κ3) is 4.31. The molecule has 0 aliphatic heterocycles. The number of rotatable bonds is 5. The minimum Gasteiger partial charge on any atom is -0.293 e. The van der Waals surface area contributed by atoms with Gasteiger partial charge in [0.25, 0.3) is 15.9 Å². The zero-order valence-corrected chi connectivity index (χ0v) is 16.2. The van der Waals surface area contributed by atoms with E-state index >= 15 is 0 Å². The molecule has 25 heavy (non-hydrogen) atoms. The lowest BCUT2D eigenvalue weighted by Gasteiger charge is -2.25. The van der Waals surface area contributed by atoms with Crippen molar-refractivity contribution >= 4 is 68.0 Å². The Bertz CT molecular complexity index is 901. The van der Waals surface area contributed by atoms with Crippen molar-refractivity contribution in [3.8, 4) is 0 Å². The van der Waals surface area contributed by atoms with Gasteiger partial charge in [-0.3, -0.25) is 14.5 Å². The number of nitrogens with one attached hydrogen (secondary N) is 1. The first-order valence-corrected chi connectivity index (χ1v) is 9.55. The van der Waals surface area contributed by atoms with E-state index < -0.39 is 22.5 Å². The number of nitrogens with two attached hydrogens (primary N) is 1. The van der Waals surface area contributed by atoms with Crippen LogP contribution in [0.4, 0.5) is 5.69 Å². The number of anilines is 1. The summed E-state index contributed by atoms with van der Waals surface area (Å²) in [5.74, 6) is 4.31. The second-order valence-corrected chi connectivity index (χ2v) is 8.22. The zero-order chi connectivity index (χ0) is 18.8. The van der Waals surface area contributed by atoms with Crippen molar-refractivity contribution in [1.29, 1.82) is 0 Å². The molecular formula is C14H11Cl4N3O3S. The highest BCUT2D eigenvalue weighted by Crippen LogP contribution is 2.37. The Morgan fingerprint density at radius 2 is 1.60 bits per heavy atom. The van der Waals surface area contributed by atoms with Gasteiger partial charge in [0.2, 0.25) is 0 Å². The number of nitrogens with zero attached hydrogens (tertiary/aromatic N) is 1. The van der Waals surface area contributed by atoms with E-state index in [9.17, 15) is 13.2 Å². The molecule has 0 saturated heterocycles. The van der Waals surface area contributed by atoms with Crippen molar-refractivity contribution in [1.82, 2.24) is 5.43 Å². The van der Waals surface area contributed by atoms with Gasteiger partial charge in [-0.2, -0.15) is 0 Å². The first-order chi connectivity index (χ1) is 11.7. The maximum absolute atomic E-state index is 13.0. The number of benzene rings is 2. The van der Waals surface area contributed by atoms with E-state index in [0.717, 1.165) is 10.4 Å². The van der Waals surface area contributed by atoms with Gasteiger partial charge in [0.05, 0.1) is 30.7 Å². The summed E-state index contributed by atoms with van der Waals surface area (Å²) < 4.78 is 26.8. The summed E-state index contributed by atoms with van der Waals surface area (Å²) in [6, 6.07) is 8.17. The van der Waals surface area contributed by atoms with E-state index in [4.69, 9.17) is 52.2 Å². The van der Waals surface area contributed by atoms with E-state index in [1.165, 1.54) is 24.3 Å². The normalized spacial score (nSPS) is 11.2. The highest BCUT2D eigenvalue weighted by Gasteiger charge is 2.30. The molecule has 11 heteroatoms. The number of amides is 1. The lowest BCUT2D eigenvalue weighted by molar-refractivity contribution is -0.119. The Kier molecular flexibility index (Phi) is 6.42. The van der Waals surface area contributed by atoms with E-state index in [0.29, 0.717) is 0 Å². The monoisotopic (exact) mass is 441 g/mol. The van der Waals surface area contributed by atoms with Crippen LogP contribution in [-0.2, 0) is 14.8 Å². The Morgan fingerprint density at radius 1 is 1.00 bits per heavy atom. The van der Waals surface area contributed by atoms with Crippen molar-refractivity contribution in [3.05, 3.63) is 56.5 Å². The largest absolute Gasteiger partial charge is 0.293 e. The topological polar surface area (TPSA) is 92.5 Å². The predicted molar refractivity (Wildman–Crippen MR) is 99.8 cm³/mol. The second kappa shape index (κ2) is 7.99. The first-order valence-electron chi connectivity index (χ1n) is 6.59. The molecule has 2 aromatic rings. The number of hydrogen-bond donors (Lipinski definition) is 2. The molecule has 2 aromatic carbocycles. The third-order valence-corrected chi connectivity index (χ3v) is 6.20. The van der Waals surface area contributed by atoms with Gasteiger partial charge in [0.15, 0.2) is 0 Å². The molecule has 1 amide bonds. The zero-order valence-electron chi connectivity index (χ0n) is 12.3. The summed E-state index contributed by atoms with van der Waals surface area (Å²) in [5.41, 5.74) is 1.81. The molecule has 0 unspecified atom stereocenters. The third-order valence-electron chi connectivity index (χ3n) is 3.11. The average Bonchev–Trinajstić information content (AvgIpc) is 2.55. The standard InChI is InChI=1S/C14H11Cl4N3O3S/c15-9-5-4-8(6-12(9)18)25(23,24)21(7-13(22)20-19)14-10(16)2-1-3-11(14)17/h1-6H,7,19H2,(H,20,22). The van der Waals surface area contributed by atoms with Gasteiger partial charge in [-0.25, -0.2) is 14.3 Å². The molecule has 3 N–H and O–H groups in total. The van der Waals surface area contributed by atoms with Crippen molar-refractivity contribution in [3.63, 3.8) is 0 Å². The molecule has 0 fully saturated rings. The van der Waals surface area contributed by atoms with Crippen LogP contribution < -0.4 is 15.6 Å². The molecule has 0 heterocycles. The van der Waals surface area contributed by atoms with Crippen LogP contribution in [-0.4, -0.2) is 20.9 Å². The van der Waals surface area contributed by atoms with Crippen molar-refractivity contribution < 1.29 is 13.2 Å². The predicted octanol–water partition coefficient (Wildman–Crippen LogP) is 3.49. The summed E-state index contributed by atoms with van der Waals surface area (Å²) in [6.45, 7) is -0.636. The van der Waals surface area contributed by atoms with Crippen molar-refractivity contribution in [2.75, 3.05) is 10.8 Å².